The number of phenols is 2. The second-order valence-electron chi connectivity index (χ2n) is 5.54. The van der Waals surface area contributed by atoms with Gasteiger partial charge in [0.05, 0.1) is 0 Å². The molecule has 0 fully saturated rings. The second kappa shape index (κ2) is 5.57. The quantitative estimate of drug-likeness (QED) is 0.693. The summed E-state index contributed by atoms with van der Waals surface area (Å²) in [7, 11) is 0. The molecule has 0 saturated heterocycles. The molecule has 0 atom stereocenters. The first-order valence-corrected chi connectivity index (χ1v) is 7.25. The fourth-order valence-electron chi connectivity index (χ4n) is 2.81. The van der Waals surface area contributed by atoms with Crippen molar-refractivity contribution >= 4 is 0 Å². The molecule has 0 aliphatic heterocycles. The summed E-state index contributed by atoms with van der Waals surface area (Å²) in [6, 6.07) is 18.8. The number of phenolic OH excluding ortho intramolecular Hbond substituents is 2. The lowest BCUT2D eigenvalue weighted by Crippen LogP contribution is -1.92. The van der Waals surface area contributed by atoms with Gasteiger partial charge in [0.15, 0.2) is 0 Å². The number of benzene rings is 3. The molecular weight excluding hydrogens is 272 g/mol. The molecule has 0 radical (unpaired) electrons. The van der Waals surface area contributed by atoms with Gasteiger partial charge in [-0.25, -0.2) is 0 Å². The van der Waals surface area contributed by atoms with Crippen molar-refractivity contribution in [3.05, 3.63) is 71.8 Å². The van der Waals surface area contributed by atoms with Crippen LogP contribution in [-0.4, -0.2) is 10.2 Å². The Labute approximate surface area is 130 Å². The summed E-state index contributed by atoms with van der Waals surface area (Å²) in [5.74, 6) is 0.528. The van der Waals surface area contributed by atoms with Crippen molar-refractivity contribution in [2.75, 3.05) is 0 Å². The summed E-state index contributed by atoms with van der Waals surface area (Å²) in [6.45, 7) is 4.18. The van der Waals surface area contributed by atoms with Gasteiger partial charge in [-0.3, -0.25) is 0 Å². The van der Waals surface area contributed by atoms with E-state index in [1.54, 1.807) is 24.3 Å². The van der Waals surface area contributed by atoms with Crippen LogP contribution < -0.4 is 0 Å². The molecule has 0 aliphatic carbocycles. The molecule has 3 rings (SSSR count). The van der Waals surface area contributed by atoms with E-state index in [1.807, 2.05) is 24.3 Å². The zero-order valence-electron chi connectivity index (χ0n) is 12.7. The molecule has 2 nitrogen and oxygen atoms in total. The lowest BCUT2D eigenvalue weighted by Gasteiger charge is -2.16. The first-order valence-electron chi connectivity index (χ1n) is 7.25. The van der Waals surface area contributed by atoms with Crippen molar-refractivity contribution in [2.45, 2.75) is 13.8 Å². The topological polar surface area (TPSA) is 40.5 Å². The molecule has 110 valence electrons. The normalized spacial score (nSPS) is 10.6. The Morgan fingerprint density at radius 1 is 0.500 bits per heavy atom. The molecule has 0 spiro atoms. The highest BCUT2D eigenvalue weighted by Crippen LogP contribution is 2.38. The van der Waals surface area contributed by atoms with E-state index in [1.165, 1.54) is 11.1 Å². The zero-order valence-corrected chi connectivity index (χ0v) is 12.7. The summed E-state index contributed by atoms with van der Waals surface area (Å²) in [6.07, 6.45) is 0. The monoisotopic (exact) mass is 290 g/mol. The summed E-state index contributed by atoms with van der Waals surface area (Å²) < 4.78 is 0. The van der Waals surface area contributed by atoms with Crippen LogP contribution in [0.15, 0.2) is 60.7 Å². The van der Waals surface area contributed by atoms with Crippen LogP contribution in [0.4, 0.5) is 0 Å². The van der Waals surface area contributed by atoms with Crippen molar-refractivity contribution < 1.29 is 10.2 Å². The van der Waals surface area contributed by atoms with E-state index in [9.17, 15) is 10.2 Å². The van der Waals surface area contributed by atoms with Crippen LogP contribution in [0.5, 0.6) is 11.5 Å². The summed E-state index contributed by atoms with van der Waals surface area (Å²) in [5.41, 5.74) is 6.82. The number of hydrogen-bond donors (Lipinski definition) is 2. The number of aryl methyl sites for hydroxylation is 2. The molecule has 0 aromatic heterocycles. The Kier molecular flexibility index (Phi) is 3.60. The van der Waals surface area contributed by atoms with Crippen molar-refractivity contribution in [1.29, 1.82) is 0 Å². The average molecular weight is 290 g/mol. The molecule has 2 heteroatoms. The van der Waals surface area contributed by atoms with Gasteiger partial charge in [0.25, 0.3) is 0 Å². The maximum absolute atomic E-state index is 9.52. The van der Waals surface area contributed by atoms with E-state index in [-0.39, 0.29) is 11.5 Å². The van der Waals surface area contributed by atoms with Gasteiger partial charge in [-0.2, -0.15) is 0 Å². The minimum atomic E-state index is 0.264. The molecule has 0 amide bonds. The van der Waals surface area contributed by atoms with E-state index >= 15 is 0 Å². The summed E-state index contributed by atoms with van der Waals surface area (Å²) in [5, 5.41) is 19.0. The van der Waals surface area contributed by atoms with Crippen molar-refractivity contribution in [3.8, 4) is 33.8 Å². The smallest absolute Gasteiger partial charge is 0.115 e. The second-order valence-corrected chi connectivity index (χ2v) is 5.54. The maximum atomic E-state index is 9.52. The maximum Gasteiger partial charge on any atom is 0.115 e. The Morgan fingerprint density at radius 3 is 1.14 bits per heavy atom. The van der Waals surface area contributed by atoms with Gasteiger partial charge in [-0.15, -0.1) is 0 Å². The van der Waals surface area contributed by atoms with Crippen molar-refractivity contribution in [3.63, 3.8) is 0 Å². The highest BCUT2D eigenvalue weighted by molar-refractivity contribution is 5.88. The van der Waals surface area contributed by atoms with Crippen molar-refractivity contribution in [1.82, 2.24) is 0 Å². The fraction of sp³-hybridized carbons (Fsp3) is 0.100. The third kappa shape index (κ3) is 2.56. The van der Waals surface area contributed by atoms with Crippen LogP contribution in [0.3, 0.4) is 0 Å². The highest BCUT2D eigenvalue weighted by atomic mass is 16.3. The Bertz CT molecular complexity index is 730. The highest BCUT2D eigenvalue weighted by Gasteiger charge is 2.13. The molecule has 3 aromatic rings. The van der Waals surface area contributed by atoms with E-state index < -0.39 is 0 Å². The van der Waals surface area contributed by atoms with Gasteiger partial charge in [-0.05, 0) is 71.5 Å². The zero-order chi connectivity index (χ0) is 15.7. The van der Waals surface area contributed by atoms with Crippen LogP contribution in [-0.2, 0) is 0 Å². The molecule has 0 aliphatic rings. The van der Waals surface area contributed by atoms with Gasteiger partial charge < -0.3 is 10.2 Å². The number of hydrogen-bond acceptors (Lipinski definition) is 2. The van der Waals surface area contributed by atoms with Gasteiger partial charge in [0, 0.05) is 0 Å². The predicted octanol–water partition coefficient (Wildman–Crippen LogP) is 5.05. The van der Waals surface area contributed by atoms with Gasteiger partial charge in [0.2, 0.25) is 0 Å². The van der Waals surface area contributed by atoms with E-state index in [0.717, 1.165) is 22.3 Å². The van der Waals surface area contributed by atoms with Gasteiger partial charge in [-0.1, -0.05) is 36.4 Å². The summed E-state index contributed by atoms with van der Waals surface area (Å²) >= 11 is 0. The van der Waals surface area contributed by atoms with Gasteiger partial charge in [0.1, 0.15) is 11.5 Å². The van der Waals surface area contributed by atoms with Crippen LogP contribution in [0, 0.1) is 13.8 Å². The van der Waals surface area contributed by atoms with E-state index in [0.29, 0.717) is 0 Å². The third-order valence-corrected chi connectivity index (χ3v) is 3.93. The van der Waals surface area contributed by atoms with Crippen LogP contribution >= 0.6 is 0 Å². The predicted molar refractivity (Wildman–Crippen MR) is 90.1 cm³/mol. The standard InChI is InChI=1S/C20H18O2/c1-13-3-4-14(2)20(16-7-11-18(22)12-8-16)19(13)15-5-9-17(21)10-6-15/h3-12,21-22H,1-2H3. The van der Waals surface area contributed by atoms with Crippen LogP contribution in [0.25, 0.3) is 22.3 Å². The minimum absolute atomic E-state index is 0.264. The molecule has 3 aromatic carbocycles. The van der Waals surface area contributed by atoms with Crippen LogP contribution in [0.1, 0.15) is 11.1 Å². The first kappa shape index (κ1) is 14.2. The molecule has 0 bridgehead atoms. The Hall–Kier alpha value is -2.74. The lowest BCUT2D eigenvalue weighted by atomic mass is 9.88. The Balaban J connectivity index is 2.27. The molecule has 0 unspecified atom stereocenters. The molecular formula is C20H18O2. The third-order valence-electron chi connectivity index (χ3n) is 3.93. The molecule has 0 heterocycles. The van der Waals surface area contributed by atoms with E-state index in [4.69, 9.17) is 0 Å². The van der Waals surface area contributed by atoms with Crippen LogP contribution in [0.2, 0.25) is 0 Å². The van der Waals surface area contributed by atoms with E-state index in [2.05, 4.69) is 26.0 Å². The number of aromatic hydroxyl groups is 2. The van der Waals surface area contributed by atoms with Gasteiger partial charge >= 0.3 is 0 Å². The lowest BCUT2D eigenvalue weighted by molar-refractivity contribution is 0.475. The molecule has 2 N–H and O–H groups in total. The fourth-order valence-corrected chi connectivity index (χ4v) is 2.81. The Morgan fingerprint density at radius 2 is 0.818 bits per heavy atom. The average Bonchev–Trinajstić information content (AvgIpc) is 2.51. The number of rotatable bonds is 2. The minimum Gasteiger partial charge on any atom is -0.508 e. The van der Waals surface area contributed by atoms with Crippen molar-refractivity contribution in [2.24, 2.45) is 0 Å². The first-order chi connectivity index (χ1) is 10.6. The summed E-state index contributed by atoms with van der Waals surface area (Å²) in [4.78, 5) is 0. The molecule has 0 saturated carbocycles. The largest absolute Gasteiger partial charge is 0.508 e. The molecule has 22 heavy (non-hydrogen) atoms. The SMILES string of the molecule is Cc1ccc(C)c(-c2ccc(O)cc2)c1-c1ccc(O)cc1.